The number of ether oxygens (including phenoxy) is 1. The van der Waals surface area contributed by atoms with Gasteiger partial charge in [-0.05, 0) is 36.5 Å². The molecule has 2 atom stereocenters. The van der Waals surface area contributed by atoms with Gasteiger partial charge in [-0.2, -0.15) is 5.26 Å². The topological polar surface area (TPSA) is 80.3 Å². The van der Waals surface area contributed by atoms with Crippen LogP contribution >= 0.6 is 0 Å². The minimum Gasteiger partial charge on any atom is -0.422 e. The van der Waals surface area contributed by atoms with Crippen LogP contribution in [-0.2, 0) is 16.0 Å². The summed E-state index contributed by atoms with van der Waals surface area (Å²) in [6.45, 7) is 0. The minimum absolute atomic E-state index is 0.00516. The molecule has 2 heterocycles. The summed E-state index contributed by atoms with van der Waals surface area (Å²) in [6, 6.07) is 9.09. The summed E-state index contributed by atoms with van der Waals surface area (Å²) in [5.74, 6) is 0.310. The molecule has 2 aromatic rings. The first-order valence-corrected chi connectivity index (χ1v) is 7.99. The molecule has 1 aromatic heterocycles. The lowest BCUT2D eigenvalue weighted by atomic mass is 9.97. The van der Waals surface area contributed by atoms with Crippen LogP contribution < -0.4 is 5.63 Å². The Morgan fingerprint density at radius 3 is 2.75 bits per heavy atom. The molecule has 0 N–H and O–H groups in total. The number of rotatable bonds is 3. The first-order valence-electron chi connectivity index (χ1n) is 7.99. The van der Waals surface area contributed by atoms with Crippen LogP contribution in [0.5, 0.6) is 0 Å². The monoisotopic (exact) mass is 321 g/mol. The number of ketones is 1. The van der Waals surface area contributed by atoms with E-state index in [1.807, 2.05) is 18.2 Å². The Balaban J connectivity index is 1.74. The Labute approximate surface area is 138 Å². The number of nitrogens with zero attached hydrogens (tertiary/aromatic N) is 1. The van der Waals surface area contributed by atoms with Crippen LogP contribution in [0.2, 0.25) is 0 Å². The first kappa shape index (κ1) is 14.9. The molecule has 5 nitrogen and oxygen atoms in total. The van der Waals surface area contributed by atoms with Crippen LogP contribution in [0.3, 0.4) is 0 Å². The quantitative estimate of drug-likeness (QED) is 0.811. The number of fused-ring (bicyclic) bond motifs is 1. The molecule has 0 radical (unpaired) electrons. The zero-order valence-corrected chi connectivity index (χ0v) is 12.9. The van der Waals surface area contributed by atoms with Crippen molar-refractivity contribution in [3.63, 3.8) is 0 Å². The Morgan fingerprint density at radius 2 is 2.00 bits per heavy atom. The van der Waals surface area contributed by atoms with Crippen LogP contribution in [0.25, 0.3) is 11.0 Å². The van der Waals surface area contributed by atoms with E-state index < -0.39 is 11.7 Å². The highest BCUT2D eigenvalue weighted by molar-refractivity contribution is 5.94. The van der Waals surface area contributed by atoms with Crippen molar-refractivity contribution in [3.8, 4) is 6.07 Å². The molecule has 4 rings (SSSR count). The number of hydrogen-bond donors (Lipinski definition) is 0. The average Bonchev–Trinajstić information content (AvgIpc) is 3.41. The highest BCUT2D eigenvalue weighted by Gasteiger charge is 2.39. The number of carbonyl (C=O) groups is 1. The molecule has 1 saturated carbocycles. The third-order valence-electron chi connectivity index (χ3n) is 4.56. The molecule has 5 heteroatoms. The van der Waals surface area contributed by atoms with Crippen LogP contribution in [0.4, 0.5) is 0 Å². The van der Waals surface area contributed by atoms with Crippen molar-refractivity contribution >= 4 is 16.8 Å². The molecule has 0 spiro atoms. The van der Waals surface area contributed by atoms with Crippen LogP contribution in [0.15, 0.2) is 45.6 Å². The number of carbonyl (C=O) groups excluding carboxylic acids is 1. The molecule has 1 aromatic carbocycles. The second kappa shape index (κ2) is 5.73. The Morgan fingerprint density at radius 1 is 1.21 bits per heavy atom. The molecule has 0 bridgehead atoms. The van der Waals surface area contributed by atoms with Gasteiger partial charge in [0.2, 0.25) is 0 Å². The van der Waals surface area contributed by atoms with Gasteiger partial charge in [0.15, 0.2) is 5.78 Å². The fraction of sp³-hybridized carbons (Fsp3) is 0.316. The maximum atomic E-state index is 12.1. The lowest BCUT2D eigenvalue weighted by Gasteiger charge is -2.25. The largest absolute Gasteiger partial charge is 0.422 e. The van der Waals surface area contributed by atoms with Gasteiger partial charge >= 0.3 is 5.63 Å². The Hall–Kier alpha value is -2.71. The lowest BCUT2D eigenvalue weighted by molar-refractivity contribution is -0.131. The van der Waals surface area contributed by atoms with E-state index in [0.29, 0.717) is 23.5 Å². The Bertz CT molecular complexity index is 946. The molecule has 1 aliphatic carbocycles. The van der Waals surface area contributed by atoms with Crippen molar-refractivity contribution in [2.45, 2.75) is 31.5 Å². The van der Waals surface area contributed by atoms with Crippen molar-refractivity contribution in [2.24, 2.45) is 5.92 Å². The molecular weight excluding hydrogens is 306 g/mol. The lowest BCUT2D eigenvalue weighted by Crippen LogP contribution is -2.34. The van der Waals surface area contributed by atoms with E-state index in [0.717, 1.165) is 18.2 Å². The standard InChI is InChI=1S/C19H15NO4/c20-10-15-14(13-3-1-2-4-17(13)24-19(15)22)9-12-7-8-16(21)18(23-12)11-5-6-11/h1-4,7-8,11-12,18H,5-6,9H2. The fourth-order valence-corrected chi connectivity index (χ4v) is 3.20. The summed E-state index contributed by atoms with van der Waals surface area (Å²) in [7, 11) is 0. The first-order chi connectivity index (χ1) is 11.7. The summed E-state index contributed by atoms with van der Waals surface area (Å²) < 4.78 is 11.1. The van der Waals surface area contributed by atoms with E-state index in [-0.39, 0.29) is 17.5 Å². The zero-order valence-electron chi connectivity index (χ0n) is 12.9. The van der Waals surface area contributed by atoms with Gasteiger partial charge in [-0.15, -0.1) is 0 Å². The van der Waals surface area contributed by atoms with Gasteiger partial charge in [0, 0.05) is 11.8 Å². The number of para-hydroxylation sites is 1. The number of benzene rings is 1. The molecule has 1 aliphatic heterocycles. The molecule has 0 saturated heterocycles. The summed E-state index contributed by atoms with van der Waals surface area (Å²) in [5, 5.41) is 10.1. The average molecular weight is 321 g/mol. The van der Waals surface area contributed by atoms with Gasteiger partial charge in [-0.25, -0.2) is 4.79 Å². The number of hydrogen-bond acceptors (Lipinski definition) is 5. The zero-order chi connectivity index (χ0) is 16.7. The maximum absolute atomic E-state index is 12.1. The van der Waals surface area contributed by atoms with Crippen molar-refractivity contribution in [3.05, 3.63) is 58.0 Å². The molecule has 2 unspecified atom stereocenters. The van der Waals surface area contributed by atoms with Crippen molar-refractivity contribution < 1.29 is 13.9 Å². The SMILES string of the molecule is N#Cc1c(CC2C=CC(=O)C(C3CC3)O2)c2ccccc2oc1=O. The third-order valence-corrected chi connectivity index (χ3v) is 4.56. The summed E-state index contributed by atoms with van der Waals surface area (Å²) in [5.41, 5.74) is 0.431. The van der Waals surface area contributed by atoms with Crippen molar-refractivity contribution in [1.29, 1.82) is 5.26 Å². The highest BCUT2D eigenvalue weighted by Crippen LogP contribution is 2.37. The number of nitriles is 1. The van der Waals surface area contributed by atoms with E-state index in [1.165, 1.54) is 0 Å². The van der Waals surface area contributed by atoms with E-state index in [4.69, 9.17) is 9.15 Å². The van der Waals surface area contributed by atoms with E-state index in [2.05, 4.69) is 0 Å². The molecule has 120 valence electrons. The van der Waals surface area contributed by atoms with Gasteiger partial charge in [0.25, 0.3) is 0 Å². The van der Waals surface area contributed by atoms with Crippen LogP contribution in [-0.4, -0.2) is 18.0 Å². The molecule has 2 aliphatic rings. The summed E-state index contributed by atoms with van der Waals surface area (Å²) >= 11 is 0. The van der Waals surface area contributed by atoms with Gasteiger partial charge in [0.05, 0.1) is 6.10 Å². The van der Waals surface area contributed by atoms with Crippen molar-refractivity contribution in [1.82, 2.24) is 0 Å². The van der Waals surface area contributed by atoms with Gasteiger partial charge in [0.1, 0.15) is 23.3 Å². The van der Waals surface area contributed by atoms with E-state index in [9.17, 15) is 14.9 Å². The molecular formula is C19H15NO4. The molecule has 1 fully saturated rings. The van der Waals surface area contributed by atoms with Crippen molar-refractivity contribution in [2.75, 3.05) is 0 Å². The van der Waals surface area contributed by atoms with E-state index in [1.54, 1.807) is 24.3 Å². The second-order valence-corrected chi connectivity index (χ2v) is 6.25. The van der Waals surface area contributed by atoms with Gasteiger partial charge in [-0.3, -0.25) is 4.79 Å². The predicted octanol–water partition coefficient (Wildman–Crippen LogP) is 2.51. The van der Waals surface area contributed by atoms with Gasteiger partial charge < -0.3 is 9.15 Å². The summed E-state index contributed by atoms with van der Waals surface area (Å²) in [6.07, 6.45) is 4.95. The van der Waals surface area contributed by atoms with Crippen LogP contribution in [0.1, 0.15) is 24.0 Å². The minimum atomic E-state index is -0.638. The summed E-state index contributed by atoms with van der Waals surface area (Å²) in [4.78, 5) is 24.0. The highest BCUT2D eigenvalue weighted by atomic mass is 16.5. The normalized spacial score (nSPS) is 23.4. The Kier molecular flexibility index (Phi) is 3.55. The second-order valence-electron chi connectivity index (χ2n) is 6.25. The molecule has 24 heavy (non-hydrogen) atoms. The maximum Gasteiger partial charge on any atom is 0.354 e. The van der Waals surface area contributed by atoms with Gasteiger partial charge in [-0.1, -0.05) is 24.3 Å². The third kappa shape index (κ3) is 2.55. The fourth-order valence-electron chi connectivity index (χ4n) is 3.20. The van der Waals surface area contributed by atoms with E-state index >= 15 is 0 Å². The van der Waals surface area contributed by atoms with Crippen LogP contribution in [0, 0.1) is 17.2 Å². The smallest absolute Gasteiger partial charge is 0.354 e. The predicted molar refractivity (Wildman–Crippen MR) is 86.4 cm³/mol. The molecule has 0 amide bonds.